The predicted octanol–water partition coefficient (Wildman–Crippen LogP) is 3.29. The highest BCUT2D eigenvalue weighted by Gasteiger charge is 2.37. The van der Waals surface area contributed by atoms with Gasteiger partial charge in [0.2, 0.25) is 18.2 Å². The molecule has 2 fully saturated rings. The van der Waals surface area contributed by atoms with Gasteiger partial charge >= 0.3 is 6.09 Å². The summed E-state index contributed by atoms with van der Waals surface area (Å²) in [5, 5.41) is 6.75. The summed E-state index contributed by atoms with van der Waals surface area (Å²) in [5.74, 6) is 0.993. The van der Waals surface area contributed by atoms with E-state index in [1.54, 1.807) is 48.8 Å². The molecule has 4 aromatic heterocycles. The molecule has 2 aliphatic heterocycles. The minimum absolute atomic E-state index is 0.151. The first-order valence-corrected chi connectivity index (χ1v) is 18.6. The number of likely N-dealkylation sites (tertiary alicyclic amines) is 2. The number of ether oxygens (including phenoxy) is 3. The Bertz CT molecular complexity index is 1840. The molecule has 0 aliphatic carbocycles. The van der Waals surface area contributed by atoms with E-state index in [0.29, 0.717) is 57.2 Å². The number of rotatable bonds is 16. The number of hydrogen-bond acceptors (Lipinski definition) is 13. The second-order valence-corrected chi connectivity index (χ2v) is 14.5. The van der Waals surface area contributed by atoms with Crippen LogP contribution >= 0.6 is 22.7 Å². The zero-order chi connectivity index (χ0) is 36.6. The SMILES string of the molecule is COCC[C@H](NC=O)C(=O)N1CCC[C@H]1c1ncc(-c2cnc(-c3ncc(-c4cnc([C@@H]5CCCN5C(=O)[C@H](CCOC)NC(=O)OC)[nH]4)s3)s2)[nH]1. The Hall–Kier alpha value is -4.72. The van der Waals surface area contributed by atoms with Crippen LogP contribution in [0.15, 0.2) is 24.8 Å². The third-order valence-electron chi connectivity index (χ3n) is 9.18. The molecule has 17 nitrogen and oxygen atoms in total. The lowest BCUT2D eigenvalue weighted by Gasteiger charge is -2.28. The second kappa shape index (κ2) is 17.2. The smallest absolute Gasteiger partial charge is 0.407 e. The van der Waals surface area contributed by atoms with E-state index in [9.17, 15) is 19.2 Å². The number of imidazole rings is 2. The van der Waals surface area contributed by atoms with Crippen molar-refractivity contribution in [3.63, 3.8) is 0 Å². The highest BCUT2D eigenvalue weighted by molar-refractivity contribution is 7.24. The number of carbonyl (C=O) groups is 4. The van der Waals surface area contributed by atoms with Crippen molar-refractivity contribution in [3.8, 4) is 31.2 Å². The first-order valence-electron chi connectivity index (χ1n) is 17.0. The molecule has 0 unspecified atom stereocenters. The van der Waals surface area contributed by atoms with E-state index >= 15 is 0 Å². The number of nitrogens with one attached hydrogen (secondary N) is 4. The van der Waals surface area contributed by atoms with Crippen LogP contribution in [0.2, 0.25) is 0 Å². The Morgan fingerprint density at radius 1 is 0.808 bits per heavy atom. The Morgan fingerprint density at radius 3 is 1.79 bits per heavy atom. The number of H-pyrrole nitrogens is 2. The molecule has 4 aromatic rings. The number of amides is 4. The number of alkyl carbamates (subject to hydrolysis) is 1. The molecule has 0 radical (unpaired) electrons. The molecule has 4 amide bonds. The number of hydrogen-bond donors (Lipinski definition) is 4. The van der Waals surface area contributed by atoms with Gasteiger partial charge in [-0.25, -0.2) is 24.7 Å². The van der Waals surface area contributed by atoms with E-state index in [4.69, 9.17) is 14.2 Å². The predicted molar refractivity (Wildman–Crippen MR) is 191 cm³/mol. The van der Waals surface area contributed by atoms with Crippen molar-refractivity contribution >= 4 is 47.0 Å². The Morgan fingerprint density at radius 2 is 1.31 bits per heavy atom. The van der Waals surface area contributed by atoms with E-state index in [0.717, 1.165) is 56.8 Å². The third-order valence-corrected chi connectivity index (χ3v) is 11.4. The molecule has 4 atom stereocenters. The van der Waals surface area contributed by atoms with Crippen molar-refractivity contribution in [1.82, 2.24) is 50.3 Å². The van der Waals surface area contributed by atoms with Gasteiger partial charge in [-0.1, -0.05) is 0 Å². The Labute approximate surface area is 307 Å². The molecule has 0 spiro atoms. The molecule has 6 heterocycles. The summed E-state index contributed by atoms with van der Waals surface area (Å²) in [4.78, 5) is 80.5. The maximum absolute atomic E-state index is 13.5. The summed E-state index contributed by atoms with van der Waals surface area (Å²) in [5.41, 5.74) is 1.57. The normalized spacial score (nSPS) is 18.4. The van der Waals surface area contributed by atoms with E-state index in [1.165, 1.54) is 29.8 Å². The van der Waals surface area contributed by atoms with Gasteiger partial charge in [0.25, 0.3) is 0 Å². The van der Waals surface area contributed by atoms with E-state index in [2.05, 4.69) is 40.5 Å². The van der Waals surface area contributed by atoms with Gasteiger partial charge in [0.15, 0.2) is 10.0 Å². The maximum atomic E-state index is 13.5. The van der Waals surface area contributed by atoms with E-state index in [-0.39, 0.29) is 23.9 Å². The zero-order valence-electron chi connectivity index (χ0n) is 29.1. The summed E-state index contributed by atoms with van der Waals surface area (Å²) in [6, 6.07) is -1.93. The molecule has 0 saturated carbocycles. The van der Waals surface area contributed by atoms with Crippen LogP contribution in [0, 0.1) is 0 Å². The van der Waals surface area contributed by atoms with E-state index < -0.39 is 18.2 Å². The minimum atomic E-state index is -0.777. The van der Waals surface area contributed by atoms with Gasteiger partial charge in [-0.2, -0.15) is 0 Å². The van der Waals surface area contributed by atoms with Crippen LogP contribution in [0.1, 0.15) is 62.3 Å². The number of nitrogens with zero attached hydrogens (tertiary/aromatic N) is 6. The molecule has 0 bridgehead atoms. The van der Waals surface area contributed by atoms with Crippen molar-refractivity contribution in [1.29, 1.82) is 0 Å². The van der Waals surface area contributed by atoms with Gasteiger partial charge in [0.1, 0.15) is 23.7 Å². The summed E-state index contributed by atoms with van der Waals surface area (Å²) in [7, 11) is 4.37. The van der Waals surface area contributed by atoms with Crippen molar-refractivity contribution < 1.29 is 33.4 Å². The Kier molecular flexibility index (Phi) is 12.3. The molecule has 4 N–H and O–H groups in total. The zero-order valence-corrected chi connectivity index (χ0v) is 30.8. The van der Waals surface area contributed by atoms with Gasteiger partial charge in [-0.3, -0.25) is 14.4 Å². The molecule has 2 saturated heterocycles. The lowest BCUT2D eigenvalue weighted by molar-refractivity contribution is -0.136. The molecule has 52 heavy (non-hydrogen) atoms. The summed E-state index contributed by atoms with van der Waals surface area (Å²) in [6.07, 6.45) is 10.8. The lowest BCUT2D eigenvalue weighted by Crippen LogP contribution is -2.49. The van der Waals surface area contributed by atoms with Gasteiger partial charge in [-0.15, -0.1) is 22.7 Å². The van der Waals surface area contributed by atoms with Crippen LogP contribution < -0.4 is 10.6 Å². The van der Waals surface area contributed by atoms with Crippen LogP contribution in [-0.4, -0.2) is 124 Å². The van der Waals surface area contributed by atoms with Crippen LogP contribution in [-0.2, 0) is 28.6 Å². The molecule has 19 heteroatoms. The average molecular weight is 755 g/mol. The second-order valence-electron chi connectivity index (χ2n) is 12.4. The Balaban J connectivity index is 1.12. The number of aromatic amines is 2. The van der Waals surface area contributed by atoms with Crippen molar-refractivity contribution in [2.24, 2.45) is 0 Å². The number of carbonyl (C=O) groups excluding carboxylic acids is 4. The molecule has 2 aliphatic rings. The highest BCUT2D eigenvalue weighted by atomic mass is 32.1. The lowest BCUT2D eigenvalue weighted by atomic mass is 10.1. The summed E-state index contributed by atoms with van der Waals surface area (Å²) in [6.45, 7) is 1.79. The topological polar surface area (TPSA) is 210 Å². The fraction of sp³-hybridized carbons (Fsp3) is 0.515. The first-order chi connectivity index (χ1) is 25.3. The third kappa shape index (κ3) is 8.16. The van der Waals surface area contributed by atoms with Crippen molar-refractivity contribution in [3.05, 3.63) is 36.4 Å². The average Bonchev–Trinajstić information content (AvgIpc) is 3.99. The summed E-state index contributed by atoms with van der Waals surface area (Å²) < 4.78 is 15.0. The molecular weight excluding hydrogens is 713 g/mol. The van der Waals surface area contributed by atoms with Crippen LogP contribution in [0.25, 0.3) is 31.2 Å². The molecule has 0 aromatic carbocycles. The highest BCUT2D eigenvalue weighted by Crippen LogP contribution is 2.39. The first kappa shape index (κ1) is 37.1. The van der Waals surface area contributed by atoms with Gasteiger partial charge in [0.05, 0.1) is 52.7 Å². The number of aromatic nitrogens is 6. The molecular formula is C33H42N10O7S2. The van der Waals surface area contributed by atoms with E-state index in [1.807, 2.05) is 0 Å². The largest absolute Gasteiger partial charge is 0.453 e. The van der Waals surface area contributed by atoms with Crippen LogP contribution in [0.4, 0.5) is 4.79 Å². The quantitative estimate of drug-likeness (QED) is 0.122. The minimum Gasteiger partial charge on any atom is -0.453 e. The molecule has 6 rings (SSSR count). The molecule has 278 valence electrons. The summed E-state index contributed by atoms with van der Waals surface area (Å²) >= 11 is 2.95. The van der Waals surface area contributed by atoms with Gasteiger partial charge < -0.3 is 44.6 Å². The van der Waals surface area contributed by atoms with Crippen LogP contribution in [0.3, 0.4) is 0 Å². The fourth-order valence-corrected chi connectivity index (χ4v) is 8.37. The van der Waals surface area contributed by atoms with Crippen LogP contribution in [0.5, 0.6) is 0 Å². The van der Waals surface area contributed by atoms with Gasteiger partial charge in [0, 0.05) is 59.3 Å². The maximum Gasteiger partial charge on any atom is 0.407 e. The fourth-order valence-electron chi connectivity index (χ4n) is 6.58. The number of methoxy groups -OCH3 is 3. The van der Waals surface area contributed by atoms with Crippen molar-refractivity contribution in [2.45, 2.75) is 62.7 Å². The van der Waals surface area contributed by atoms with Crippen molar-refractivity contribution in [2.75, 3.05) is 47.6 Å². The monoisotopic (exact) mass is 754 g/mol. The van der Waals surface area contributed by atoms with Gasteiger partial charge in [-0.05, 0) is 32.1 Å². The number of thiazole rings is 2. The standard InChI is InChI=1S/C33H42N10O7S2/c1-48-12-8-19(38-18-44)31(45)42-10-4-6-23(42)27-34-14-21(39-27)25-16-36-29(51-25)30-37-17-26(52-30)22-15-35-28(40-22)24-7-5-11-43(24)32(46)20(9-13-49-2)41-33(47)50-3/h14-20,23-24H,4-13H2,1-3H3,(H,34,39)(H,35,40)(H,38,44)(H,41,47)/t19-,20-,23-,24-/m0/s1.